The normalized spacial score (nSPS) is 10.4. The van der Waals surface area contributed by atoms with Crippen LogP contribution < -0.4 is 10.5 Å². The third kappa shape index (κ3) is 3.88. The first-order valence-electron chi connectivity index (χ1n) is 5.93. The minimum atomic E-state index is 0.459. The molecule has 19 heavy (non-hydrogen) atoms. The summed E-state index contributed by atoms with van der Waals surface area (Å²) < 4.78 is 10.8. The first-order chi connectivity index (χ1) is 9.19. The van der Waals surface area contributed by atoms with Crippen LogP contribution in [0.3, 0.4) is 0 Å². The van der Waals surface area contributed by atoms with Crippen molar-refractivity contribution in [2.75, 3.05) is 12.8 Å². The number of hydrogen-bond donors (Lipinski definition) is 1. The summed E-state index contributed by atoms with van der Waals surface area (Å²) in [6.45, 7) is 0.972. The summed E-state index contributed by atoms with van der Waals surface area (Å²) in [5.74, 6) is 0.826. The standard InChI is InChI=1S/C15H16ClNO2/c1-18-14-4-2-3-11(7-14)9-19-10-12-5-6-13(16)8-15(12)17/h2-8H,9-10,17H2,1H3. The Hall–Kier alpha value is -1.71. The number of rotatable bonds is 5. The van der Waals surface area contributed by atoms with E-state index >= 15 is 0 Å². The van der Waals surface area contributed by atoms with Gasteiger partial charge in [0, 0.05) is 16.3 Å². The van der Waals surface area contributed by atoms with Crippen molar-refractivity contribution in [3.63, 3.8) is 0 Å². The second kappa shape index (κ2) is 6.45. The maximum atomic E-state index is 5.86. The van der Waals surface area contributed by atoms with Gasteiger partial charge in [-0.3, -0.25) is 0 Å². The number of ether oxygens (including phenoxy) is 2. The predicted octanol–water partition coefficient (Wildman–Crippen LogP) is 3.65. The van der Waals surface area contributed by atoms with Crippen LogP contribution in [0.4, 0.5) is 5.69 Å². The molecule has 0 spiro atoms. The highest BCUT2D eigenvalue weighted by molar-refractivity contribution is 6.30. The summed E-state index contributed by atoms with van der Waals surface area (Å²) >= 11 is 5.85. The molecule has 3 nitrogen and oxygen atoms in total. The van der Waals surface area contributed by atoms with Gasteiger partial charge in [-0.25, -0.2) is 0 Å². The van der Waals surface area contributed by atoms with Gasteiger partial charge in [0.2, 0.25) is 0 Å². The summed E-state index contributed by atoms with van der Waals surface area (Å²) in [4.78, 5) is 0. The molecule has 2 aromatic carbocycles. The Morgan fingerprint density at radius 1 is 1.11 bits per heavy atom. The molecule has 0 aliphatic carbocycles. The van der Waals surface area contributed by atoms with Crippen molar-refractivity contribution in [2.45, 2.75) is 13.2 Å². The zero-order valence-electron chi connectivity index (χ0n) is 10.7. The van der Waals surface area contributed by atoms with Crippen molar-refractivity contribution in [1.82, 2.24) is 0 Å². The van der Waals surface area contributed by atoms with Gasteiger partial charge >= 0.3 is 0 Å². The van der Waals surface area contributed by atoms with Crippen LogP contribution in [0.5, 0.6) is 5.75 Å². The highest BCUT2D eigenvalue weighted by atomic mass is 35.5. The molecular weight excluding hydrogens is 262 g/mol. The molecule has 0 saturated carbocycles. The summed E-state index contributed by atoms with van der Waals surface area (Å²) in [6.07, 6.45) is 0. The summed E-state index contributed by atoms with van der Waals surface area (Å²) in [6, 6.07) is 13.2. The Kier molecular flexibility index (Phi) is 4.66. The highest BCUT2D eigenvalue weighted by Crippen LogP contribution is 2.19. The summed E-state index contributed by atoms with van der Waals surface area (Å²) in [7, 11) is 1.65. The third-order valence-corrected chi connectivity index (χ3v) is 3.00. The molecule has 0 unspecified atom stereocenters. The Morgan fingerprint density at radius 3 is 2.68 bits per heavy atom. The third-order valence-electron chi connectivity index (χ3n) is 2.77. The summed E-state index contributed by atoms with van der Waals surface area (Å²) in [5, 5.41) is 0.633. The molecule has 0 amide bonds. The first-order valence-corrected chi connectivity index (χ1v) is 6.31. The summed E-state index contributed by atoms with van der Waals surface area (Å²) in [5.41, 5.74) is 8.51. The number of nitrogens with two attached hydrogens (primary N) is 1. The minimum absolute atomic E-state index is 0.459. The lowest BCUT2D eigenvalue weighted by molar-refractivity contribution is 0.107. The van der Waals surface area contributed by atoms with E-state index in [1.54, 1.807) is 13.2 Å². The van der Waals surface area contributed by atoms with Gasteiger partial charge in [-0.1, -0.05) is 29.8 Å². The van der Waals surface area contributed by atoms with Crippen LogP contribution in [-0.4, -0.2) is 7.11 Å². The Morgan fingerprint density at radius 2 is 1.95 bits per heavy atom. The molecule has 0 fully saturated rings. The van der Waals surface area contributed by atoms with Crippen molar-refractivity contribution in [3.05, 3.63) is 58.6 Å². The molecule has 0 saturated heterocycles. The second-order valence-electron chi connectivity index (χ2n) is 4.19. The topological polar surface area (TPSA) is 44.5 Å². The van der Waals surface area contributed by atoms with E-state index in [4.69, 9.17) is 26.8 Å². The molecule has 0 aliphatic heterocycles. The maximum absolute atomic E-state index is 5.86. The number of methoxy groups -OCH3 is 1. The zero-order chi connectivity index (χ0) is 13.7. The van der Waals surface area contributed by atoms with Gasteiger partial charge < -0.3 is 15.2 Å². The van der Waals surface area contributed by atoms with E-state index in [9.17, 15) is 0 Å². The van der Waals surface area contributed by atoms with Crippen LogP contribution in [0.2, 0.25) is 5.02 Å². The second-order valence-corrected chi connectivity index (χ2v) is 4.62. The average molecular weight is 278 g/mol. The predicted molar refractivity (Wildman–Crippen MR) is 77.4 cm³/mol. The van der Waals surface area contributed by atoms with E-state index < -0.39 is 0 Å². The van der Waals surface area contributed by atoms with Crippen LogP contribution in [0.15, 0.2) is 42.5 Å². The van der Waals surface area contributed by atoms with E-state index in [-0.39, 0.29) is 0 Å². The number of halogens is 1. The van der Waals surface area contributed by atoms with Crippen molar-refractivity contribution in [1.29, 1.82) is 0 Å². The van der Waals surface area contributed by atoms with Gasteiger partial charge in [0.15, 0.2) is 0 Å². The van der Waals surface area contributed by atoms with E-state index in [1.165, 1.54) is 0 Å². The van der Waals surface area contributed by atoms with Gasteiger partial charge in [0.05, 0.1) is 20.3 Å². The smallest absolute Gasteiger partial charge is 0.119 e. The van der Waals surface area contributed by atoms with Crippen molar-refractivity contribution in [3.8, 4) is 5.75 Å². The number of nitrogen functional groups attached to an aromatic ring is 1. The van der Waals surface area contributed by atoms with Gasteiger partial charge in [0.1, 0.15) is 5.75 Å². The fourth-order valence-corrected chi connectivity index (χ4v) is 1.92. The largest absolute Gasteiger partial charge is 0.497 e. The number of benzene rings is 2. The number of hydrogen-bond acceptors (Lipinski definition) is 3. The van der Waals surface area contributed by atoms with Crippen LogP contribution >= 0.6 is 11.6 Å². The molecule has 4 heteroatoms. The van der Waals surface area contributed by atoms with Crippen molar-refractivity contribution in [2.24, 2.45) is 0 Å². The average Bonchev–Trinajstić information content (AvgIpc) is 2.41. The zero-order valence-corrected chi connectivity index (χ0v) is 11.5. The van der Waals surface area contributed by atoms with Crippen LogP contribution in [0, 0.1) is 0 Å². The Labute approximate surface area is 117 Å². The fourth-order valence-electron chi connectivity index (χ4n) is 1.74. The molecule has 0 aliphatic rings. The van der Waals surface area contributed by atoms with E-state index in [0.29, 0.717) is 23.9 Å². The number of anilines is 1. The van der Waals surface area contributed by atoms with Gasteiger partial charge in [-0.05, 0) is 29.8 Å². The van der Waals surface area contributed by atoms with Crippen LogP contribution in [-0.2, 0) is 18.0 Å². The quantitative estimate of drug-likeness (QED) is 0.849. The lowest BCUT2D eigenvalue weighted by Gasteiger charge is -2.08. The monoisotopic (exact) mass is 277 g/mol. The van der Waals surface area contributed by atoms with Crippen LogP contribution in [0.25, 0.3) is 0 Å². The Bertz CT molecular complexity index is 558. The molecule has 0 atom stereocenters. The molecular formula is C15H16ClNO2. The van der Waals surface area contributed by atoms with Gasteiger partial charge in [0.25, 0.3) is 0 Å². The highest BCUT2D eigenvalue weighted by Gasteiger charge is 2.01. The Balaban J connectivity index is 1.92. The lowest BCUT2D eigenvalue weighted by Crippen LogP contribution is -1.98. The molecule has 0 radical (unpaired) electrons. The maximum Gasteiger partial charge on any atom is 0.119 e. The molecule has 2 aromatic rings. The molecule has 0 heterocycles. The fraction of sp³-hybridized carbons (Fsp3) is 0.200. The van der Waals surface area contributed by atoms with Crippen molar-refractivity contribution >= 4 is 17.3 Å². The molecule has 0 bridgehead atoms. The van der Waals surface area contributed by atoms with Crippen molar-refractivity contribution < 1.29 is 9.47 Å². The van der Waals surface area contributed by atoms with E-state index in [0.717, 1.165) is 16.9 Å². The molecule has 100 valence electrons. The first kappa shape index (κ1) is 13.7. The van der Waals surface area contributed by atoms with E-state index in [1.807, 2.05) is 36.4 Å². The van der Waals surface area contributed by atoms with Gasteiger partial charge in [-0.15, -0.1) is 0 Å². The molecule has 2 rings (SSSR count). The van der Waals surface area contributed by atoms with E-state index in [2.05, 4.69) is 0 Å². The molecule has 2 N–H and O–H groups in total. The van der Waals surface area contributed by atoms with Crippen LogP contribution in [0.1, 0.15) is 11.1 Å². The molecule has 0 aromatic heterocycles. The minimum Gasteiger partial charge on any atom is -0.497 e. The lowest BCUT2D eigenvalue weighted by atomic mass is 10.2. The van der Waals surface area contributed by atoms with Gasteiger partial charge in [-0.2, -0.15) is 0 Å². The SMILES string of the molecule is COc1cccc(COCc2ccc(Cl)cc2N)c1.